The molecule has 0 aliphatic carbocycles. The van der Waals surface area contributed by atoms with Crippen LogP contribution in [0.4, 0.5) is 0 Å². The largest absolute Gasteiger partial charge is 0.301 e. The van der Waals surface area contributed by atoms with Gasteiger partial charge in [0.1, 0.15) is 0 Å². The van der Waals surface area contributed by atoms with Crippen molar-refractivity contribution < 1.29 is 0 Å². The monoisotopic (exact) mass is 140 g/mol. The highest BCUT2D eigenvalue weighted by atomic mass is 15.1. The predicted octanol–water partition coefficient (Wildman–Crippen LogP) is 1.17. The topological polar surface area (TPSA) is 15.6 Å². The molecule has 10 heavy (non-hydrogen) atoms. The Morgan fingerprint density at radius 2 is 2.40 bits per heavy atom. The average Bonchev–Trinajstić information content (AvgIpc) is 1.88. The van der Waals surface area contributed by atoms with E-state index >= 15 is 0 Å². The summed E-state index contributed by atoms with van der Waals surface area (Å²) in [6.07, 6.45) is 2.51. The molecule has 1 saturated heterocycles. The summed E-state index contributed by atoms with van der Waals surface area (Å²) < 4.78 is 0. The zero-order chi connectivity index (χ0) is 7.40. The van der Waals surface area contributed by atoms with Crippen molar-refractivity contribution in [1.82, 2.24) is 4.90 Å². The van der Waals surface area contributed by atoms with Crippen LogP contribution in [0, 0.1) is 0 Å². The third-order valence-electron chi connectivity index (χ3n) is 1.84. The fourth-order valence-electron chi connectivity index (χ4n) is 1.38. The zero-order valence-electron chi connectivity index (χ0n) is 6.93. The first-order valence-corrected chi connectivity index (χ1v) is 4.03. The lowest BCUT2D eigenvalue weighted by Crippen LogP contribution is -2.32. The van der Waals surface area contributed by atoms with Gasteiger partial charge in [0.2, 0.25) is 0 Å². The summed E-state index contributed by atoms with van der Waals surface area (Å²) in [5.74, 6) is 0. The fraction of sp³-hybridized carbons (Fsp3) is 0.875. The first kappa shape index (κ1) is 7.73. The molecule has 0 aromatic rings. The molecule has 0 radical (unpaired) electrons. The number of piperidine rings is 1. The van der Waals surface area contributed by atoms with Gasteiger partial charge in [0.25, 0.3) is 0 Å². The van der Waals surface area contributed by atoms with Gasteiger partial charge >= 0.3 is 0 Å². The van der Waals surface area contributed by atoms with E-state index in [1.54, 1.807) is 0 Å². The van der Waals surface area contributed by atoms with Crippen LogP contribution in [0.5, 0.6) is 0 Å². The summed E-state index contributed by atoms with van der Waals surface area (Å²) in [6, 6.07) is 0. The minimum atomic E-state index is 0.948. The molecule has 2 nitrogen and oxygen atoms in total. The summed E-state index contributed by atoms with van der Waals surface area (Å²) in [5, 5.41) is 0. The number of rotatable bonds is 1. The van der Waals surface area contributed by atoms with E-state index in [9.17, 15) is 0 Å². The van der Waals surface area contributed by atoms with Crippen molar-refractivity contribution in [1.29, 1.82) is 0 Å². The fourth-order valence-corrected chi connectivity index (χ4v) is 1.38. The van der Waals surface area contributed by atoms with Crippen LogP contribution in [0.2, 0.25) is 0 Å². The summed E-state index contributed by atoms with van der Waals surface area (Å²) in [6.45, 7) is 5.38. The maximum absolute atomic E-state index is 4.41. The van der Waals surface area contributed by atoms with Gasteiger partial charge in [-0.05, 0) is 33.4 Å². The summed E-state index contributed by atoms with van der Waals surface area (Å²) in [5.41, 5.74) is 1.39. The molecule has 0 amide bonds. The second kappa shape index (κ2) is 3.71. The maximum Gasteiger partial charge on any atom is 0.0360 e. The van der Waals surface area contributed by atoms with Crippen LogP contribution in [0.3, 0.4) is 0 Å². The first-order valence-electron chi connectivity index (χ1n) is 4.03. The minimum absolute atomic E-state index is 0.948. The molecular formula is C8H16N2. The summed E-state index contributed by atoms with van der Waals surface area (Å²) >= 11 is 0. The van der Waals surface area contributed by atoms with Crippen molar-refractivity contribution in [2.45, 2.75) is 19.8 Å². The lowest BCUT2D eigenvalue weighted by Gasteiger charge is -2.23. The van der Waals surface area contributed by atoms with Crippen LogP contribution in [-0.2, 0) is 0 Å². The van der Waals surface area contributed by atoms with E-state index in [-0.39, 0.29) is 0 Å². The minimum Gasteiger partial charge on any atom is -0.301 e. The molecule has 58 valence electrons. The predicted molar refractivity (Wildman–Crippen MR) is 44.7 cm³/mol. The van der Waals surface area contributed by atoms with E-state index < -0.39 is 0 Å². The smallest absolute Gasteiger partial charge is 0.0360 e. The van der Waals surface area contributed by atoms with E-state index in [1.807, 2.05) is 0 Å². The van der Waals surface area contributed by atoms with Crippen molar-refractivity contribution >= 4 is 5.71 Å². The molecule has 0 aromatic carbocycles. The molecule has 1 fully saturated rings. The molecule has 1 aliphatic rings. The van der Waals surface area contributed by atoms with Crippen molar-refractivity contribution in [3.63, 3.8) is 0 Å². The highest BCUT2D eigenvalue weighted by molar-refractivity contribution is 5.86. The second-order valence-corrected chi connectivity index (χ2v) is 2.88. The van der Waals surface area contributed by atoms with Gasteiger partial charge in [-0.25, -0.2) is 0 Å². The molecule has 0 saturated carbocycles. The van der Waals surface area contributed by atoms with Gasteiger partial charge in [-0.1, -0.05) is 0 Å². The normalized spacial score (nSPS) is 25.6. The molecule has 0 bridgehead atoms. The van der Waals surface area contributed by atoms with Crippen molar-refractivity contribution in [3.8, 4) is 0 Å². The van der Waals surface area contributed by atoms with Crippen molar-refractivity contribution in [2.75, 3.05) is 26.7 Å². The van der Waals surface area contributed by atoms with Gasteiger partial charge in [0.05, 0.1) is 0 Å². The van der Waals surface area contributed by atoms with Gasteiger partial charge in [0.15, 0.2) is 0 Å². The molecular weight excluding hydrogens is 124 g/mol. The number of likely N-dealkylation sites (tertiary alicyclic amines) is 1. The number of hydrogen-bond donors (Lipinski definition) is 0. The van der Waals surface area contributed by atoms with Crippen molar-refractivity contribution in [3.05, 3.63) is 0 Å². The van der Waals surface area contributed by atoms with Gasteiger partial charge in [-0.3, -0.25) is 4.99 Å². The standard InChI is InChI=1S/C8H16N2/c1-3-9-8-5-4-6-10(2)7-8/h3-7H2,1-2H3. The Hall–Kier alpha value is -0.370. The van der Waals surface area contributed by atoms with E-state index in [0.717, 1.165) is 13.1 Å². The maximum atomic E-state index is 4.41. The molecule has 0 N–H and O–H groups in total. The van der Waals surface area contributed by atoms with Gasteiger partial charge in [-0.15, -0.1) is 0 Å². The van der Waals surface area contributed by atoms with Crippen LogP contribution in [-0.4, -0.2) is 37.3 Å². The molecule has 2 heteroatoms. The molecule has 0 atom stereocenters. The molecule has 0 unspecified atom stereocenters. The van der Waals surface area contributed by atoms with Crippen LogP contribution >= 0.6 is 0 Å². The SMILES string of the molecule is CCN=C1CCCN(C)C1. The molecule has 0 spiro atoms. The van der Waals surface area contributed by atoms with E-state index in [2.05, 4.69) is 23.9 Å². The Kier molecular flexibility index (Phi) is 2.87. The second-order valence-electron chi connectivity index (χ2n) is 2.88. The number of nitrogens with zero attached hydrogens (tertiary/aromatic N) is 2. The van der Waals surface area contributed by atoms with Gasteiger partial charge in [-0.2, -0.15) is 0 Å². The summed E-state index contributed by atoms with van der Waals surface area (Å²) in [4.78, 5) is 6.74. The molecule has 0 aromatic heterocycles. The van der Waals surface area contributed by atoms with E-state index in [4.69, 9.17) is 0 Å². The van der Waals surface area contributed by atoms with Crippen molar-refractivity contribution in [2.24, 2.45) is 4.99 Å². The Balaban J connectivity index is 2.39. The third kappa shape index (κ3) is 2.10. The Bertz CT molecular complexity index is 129. The highest BCUT2D eigenvalue weighted by Gasteiger charge is 2.09. The van der Waals surface area contributed by atoms with Crippen LogP contribution < -0.4 is 0 Å². The summed E-state index contributed by atoms with van der Waals surface area (Å²) in [7, 11) is 2.16. The Morgan fingerprint density at radius 1 is 1.60 bits per heavy atom. The van der Waals surface area contributed by atoms with Gasteiger partial charge < -0.3 is 4.90 Å². The molecule has 1 heterocycles. The third-order valence-corrected chi connectivity index (χ3v) is 1.84. The van der Waals surface area contributed by atoms with Crippen LogP contribution in [0.25, 0.3) is 0 Å². The number of hydrogen-bond acceptors (Lipinski definition) is 2. The quantitative estimate of drug-likeness (QED) is 0.534. The average molecular weight is 140 g/mol. The molecule has 1 rings (SSSR count). The Morgan fingerprint density at radius 3 is 3.00 bits per heavy atom. The van der Waals surface area contributed by atoms with Gasteiger partial charge in [0, 0.05) is 18.8 Å². The first-order chi connectivity index (χ1) is 4.83. The zero-order valence-corrected chi connectivity index (χ0v) is 6.93. The highest BCUT2D eigenvalue weighted by Crippen LogP contribution is 2.04. The molecule has 1 aliphatic heterocycles. The number of aliphatic imine (C=N–C) groups is 1. The Labute approximate surface area is 62.9 Å². The lowest BCUT2D eigenvalue weighted by molar-refractivity contribution is 0.354. The van der Waals surface area contributed by atoms with Crippen LogP contribution in [0.1, 0.15) is 19.8 Å². The van der Waals surface area contributed by atoms with E-state index in [0.29, 0.717) is 0 Å². The lowest BCUT2D eigenvalue weighted by atomic mass is 10.1. The van der Waals surface area contributed by atoms with Crippen LogP contribution in [0.15, 0.2) is 4.99 Å². The van der Waals surface area contributed by atoms with E-state index in [1.165, 1.54) is 25.1 Å².